The van der Waals surface area contributed by atoms with E-state index >= 15 is 0 Å². The number of hydrogen-bond acceptors (Lipinski definition) is 3. The summed E-state index contributed by atoms with van der Waals surface area (Å²) in [4.78, 5) is 27.1. The number of carbonyl (C=O) groups excluding carboxylic acids is 2. The van der Waals surface area contributed by atoms with Crippen LogP contribution in [0.1, 0.15) is 33.1 Å². The molecule has 0 radical (unpaired) electrons. The molecule has 1 rings (SSSR count). The van der Waals surface area contributed by atoms with E-state index in [2.05, 4.69) is 0 Å². The number of likely N-dealkylation sites (N-methyl/N-ethyl adjacent to an activating group) is 1. The molecule has 1 heterocycles. The maximum Gasteiger partial charge on any atom is 0.241 e. The van der Waals surface area contributed by atoms with E-state index in [1.165, 1.54) is 0 Å². The molecule has 0 aromatic rings. The van der Waals surface area contributed by atoms with Gasteiger partial charge in [0.15, 0.2) is 0 Å². The van der Waals surface area contributed by atoms with E-state index in [0.29, 0.717) is 13.1 Å². The summed E-state index contributed by atoms with van der Waals surface area (Å²) < 4.78 is 0. The predicted octanol–water partition coefficient (Wildman–Crippen LogP) is 0.441. The van der Waals surface area contributed by atoms with Gasteiger partial charge in [-0.15, -0.1) is 0 Å². The van der Waals surface area contributed by atoms with Crippen molar-refractivity contribution in [1.82, 2.24) is 9.80 Å². The number of carbonyl (C=O) groups is 2. The Labute approximate surface area is 109 Å². The molecular weight excluding hydrogens is 230 g/mol. The lowest BCUT2D eigenvalue weighted by Gasteiger charge is -2.33. The first-order valence-corrected chi connectivity index (χ1v) is 6.70. The van der Waals surface area contributed by atoms with Crippen molar-refractivity contribution >= 4 is 11.8 Å². The molecule has 0 aromatic heterocycles. The van der Waals surface area contributed by atoms with E-state index < -0.39 is 0 Å². The van der Waals surface area contributed by atoms with Crippen molar-refractivity contribution in [2.75, 3.05) is 26.7 Å². The van der Waals surface area contributed by atoms with Gasteiger partial charge < -0.3 is 15.5 Å². The quantitative estimate of drug-likeness (QED) is 0.775. The summed E-state index contributed by atoms with van der Waals surface area (Å²) in [5.74, 6) is 0.110. The molecule has 1 saturated heterocycles. The zero-order valence-electron chi connectivity index (χ0n) is 11.7. The lowest BCUT2D eigenvalue weighted by Crippen LogP contribution is -2.51. The van der Waals surface area contributed by atoms with Crippen LogP contribution in [-0.4, -0.2) is 54.3 Å². The largest absolute Gasteiger partial charge is 0.342 e. The van der Waals surface area contributed by atoms with Crippen LogP contribution >= 0.6 is 0 Å². The van der Waals surface area contributed by atoms with E-state index in [4.69, 9.17) is 5.73 Å². The van der Waals surface area contributed by atoms with Crippen molar-refractivity contribution in [3.8, 4) is 0 Å². The van der Waals surface area contributed by atoms with Crippen LogP contribution in [0.4, 0.5) is 0 Å². The third-order valence-electron chi connectivity index (χ3n) is 3.49. The van der Waals surface area contributed by atoms with Crippen molar-refractivity contribution in [3.63, 3.8) is 0 Å². The summed E-state index contributed by atoms with van der Waals surface area (Å²) >= 11 is 0. The summed E-state index contributed by atoms with van der Waals surface area (Å²) in [6.07, 6.45) is 2.76. The highest BCUT2D eigenvalue weighted by molar-refractivity contribution is 5.86. The Morgan fingerprint density at radius 2 is 2.00 bits per heavy atom. The molecule has 5 heteroatoms. The van der Waals surface area contributed by atoms with Gasteiger partial charge in [-0.3, -0.25) is 9.59 Å². The van der Waals surface area contributed by atoms with Crippen molar-refractivity contribution in [1.29, 1.82) is 0 Å². The fourth-order valence-corrected chi connectivity index (χ4v) is 2.13. The zero-order chi connectivity index (χ0) is 13.7. The van der Waals surface area contributed by atoms with E-state index in [-0.39, 0.29) is 30.3 Å². The van der Waals surface area contributed by atoms with Gasteiger partial charge in [-0.1, -0.05) is 13.3 Å². The molecule has 1 aliphatic rings. The molecule has 1 aliphatic heterocycles. The van der Waals surface area contributed by atoms with Crippen LogP contribution in [0.2, 0.25) is 0 Å². The summed E-state index contributed by atoms with van der Waals surface area (Å²) in [5, 5.41) is 0. The minimum Gasteiger partial charge on any atom is -0.342 e. The second-order valence-electron chi connectivity index (χ2n) is 5.38. The zero-order valence-corrected chi connectivity index (χ0v) is 11.7. The second-order valence-corrected chi connectivity index (χ2v) is 5.38. The van der Waals surface area contributed by atoms with Crippen molar-refractivity contribution in [3.05, 3.63) is 0 Å². The van der Waals surface area contributed by atoms with E-state index in [1.807, 2.05) is 13.8 Å². The Bertz CT molecular complexity index is 305. The third kappa shape index (κ3) is 4.29. The smallest absolute Gasteiger partial charge is 0.241 e. The fourth-order valence-electron chi connectivity index (χ4n) is 2.13. The molecule has 0 aromatic carbocycles. The average molecular weight is 255 g/mol. The van der Waals surface area contributed by atoms with Crippen molar-refractivity contribution in [2.24, 2.45) is 11.7 Å². The minimum atomic E-state index is -0.0139. The molecule has 0 saturated carbocycles. The van der Waals surface area contributed by atoms with E-state index in [1.54, 1.807) is 16.8 Å². The monoisotopic (exact) mass is 255 g/mol. The lowest BCUT2D eigenvalue weighted by atomic mass is 10.0. The summed E-state index contributed by atoms with van der Waals surface area (Å²) in [5.41, 5.74) is 5.69. The molecule has 5 nitrogen and oxygen atoms in total. The standard InChI is InChI=1S/C13H25N3O2/c1-10(5-4-6-11(2)14)13(18)16-8-7-15(3)12(17)9-16/h10-11H,4-9,14H2,1-3H3. The summed E-state index contributed by atoms with van der Waals surface area (Å²) in [7, 11) is 1.77. The maximum atomic E-state index is 12.1. The Hall–Kier alpha value is -1.10. The van der Waals surface area contributed by atoms with Crippen LogP contribution < -0.4 is 5.73 Å². The normalized spacial score (nSPS) is 19.9. The second kappa shape index (κ2) is 6.73. The topological polar surface area (TPSA) is 66.6 Å². The van der Waals surface area contributed by atoms with Gasteiger partial charge >= 0.3 is 0 Å². The van der Waals surface area contributed by atoms with Gasteiger partial charge in [0, 0.05) is 32.1 Å². The number of nitrogens with two attached hydrogens (primary N) is 1. The molecular formula is C13H25N3O2. The SMILES string of the molecule is CC(N)CCCC(C)C(=O)N1CCN(C)C(=O)C1. The number of piperazine rings is 1. The van der Waals surface area contributed by atoms with Crippen LogP contribution in [0.25, 0.3) is 0 Å². The van der Waals surface area contributed by atoms with Gasteiger partial charge in [0.2, 0.25) is 11.8 Å². The van der Waals surface area contributed by atoms with Gasteiger partial charge in [-0.25, -0.2) is 0 Å². The molecule has 18 heavy (non-hydrogen) atoms. The highest BCUT2D eigenvalue weighted by Crippen LogP contribution is 2.14. The van der Waals surface area contributed by atoms with Crippen molar-refractivity contribution in [2.45, 2.75) is 39.2 Å². The molecule has 0 aliphatic carbocycles. The maximum absolute atomic E-state index is 12.1. The molecule has 1 fully saturated rings. The molecule has 2 N–H and O–H groups in total. The highest BCUT2D eigenvalue weighted by atomic mass is 16.2. The van der Waals surface area contributed by atoms with Crippen LogP contribution in [0.3, 0.4) is 0 Å². The summed E-state index contributed by atoms with van der Waals surface area (Å²) in [6.45, 7) is 5.43. The fraction of sp³-hybridized carbons (Fsp3) is 0.846. The Balaban J connectivity index is 2.37. The molecule has 2 unspecified atom stereocenters. The van der Waals surface area contributed by atoms with Gasteiger partial charge in [0.1, 0.15) is 0 Å². The van der Waals surface area contributed by atoms with E-state index in [0.717, 1.165) is 19.3 Å². The third-order valence-corrected chi connectivity index (χ3v) is 3.49. The van der Waals surface area contributed by atoms with Gasteiger partial charge in [0.05, 0.1) is 6.54 Å². The number of rotatable bonds is 5. The predicted molar refractivity (Wildman–Crippen MR) is 70.9 cm³/mol. The summed E-state index contributed by atoms with van der Waals surface area (Å²) in [6, 6.07) is 0.192. The van der Waals surface area contributed by atoms with Crippen LogP contribution in [-0.2, 0) is 9.59 Å². The molecule has 2 amide bonds. The minimum absolute atomic E-state index is 0.0139. The van der Waals surface area contributed by atoms with Crippen LogP contribution in [0.5, 0.6) is 0 Å². The average Bonchev–Trinajstić information content (AvgIpc) is 2.31. The first-order chi connectivity index (χ1) is 8.41. The first kappa shape index (κ1) is 15.0. The van der Waals surface area contributed by atoms with Crippen LogP contribution in [0, 0.1) is 5.92 Å². The number of hydrogen-bond donors (Lipinski definition) is 1. The van der Waals surface area contributed by atoms with E-state index in [9.17, 15) is 9.59 Å². The van der Waals surface area contributed by atoms with Crippen LogP contribution in [0.15, 0.2) is 0 Å². The molecule has 0 spiro atoms. The van der Waals surface area contributed by atoms with Gasteiger partial charge in [-0.05, 0) is 19.8 Å². The lowest BCUT2D eigenvalue weighted by molar-refractivity contribution is -0.146. The molecule has 0 bridgehead atoms. The first-order valence-electron chi connectivity index (χ1n) is 6.70. The Morgan fingerprint density at radius 3 is 2.56 bits per heavy atom. The number of amides is 2. The van der Waals surface area contributed by atoms with Gasteiger partial charge in [-0.2, -0.15) is 0 Å². The molecule has 2 atom stereocenters. The van der Waals surface area contributed by atoms with Crippen molar-refractivity contribution < 1.29 is 9.59 Å². The molecule has 104 valence electrons. The van der Waals surface area contributed by atoms with Gasteiger partial charge in [0.25, 0.3) is 0 Å². The number of nitrogens with zero attached hydrogens (tertiary/aromatic N) is 2. The Morgan fingerprint density at radius 1 is 1.33 bits per heavy atom. The Kier molecular flexibility index (Phi) is 5.59. The highest BCUT2D eigenvalue weighted by Gasteiger charge is 2.27.